The molecule has 0 saturated carbocycles. The number of fused-ring (bicyclic) bond motifs is 1. The smallest absolute Gasteiger partial charge is 0.335 e. The van der Waals surface area contributed by atoms with Crippen LogP contribution < -0.4 is 5.32 Å². The van der Waals surface area contributed by atoms with Gasteiger partial charge in [0.25, 0.3) is 0 Å². The number of carbonyl (C=O) groups excluding carboxylic acids is 1. The van der Waals surface area contributed by atoms with Gasteiger partial charge in [0.1, 0.15) is 0 Å². The average Bonchev–Trinajstić information content (AvgIpc) is 3.00. The Bertz CT molecular complexity index is 938. The Morgan fingerprint density at radius 3 is 2.41 bits per heavy atom. The molecule has 1 aliphatic rings. The number of hydrogen-bond donors (Lipinski definition) is 3. The first-order valence-corrected chi connectivity index (χ1v) is 9.03. The van der Waals surface area contributed by atoms with Crippen molar-refractivity contribution in [3.05, 3.63) is 74.3 Å². The van der Waals surface area contributed by atoms with E-state index in [1.54, 1.807) is 24.3 Å². The number of amides is 1. The van der Waals surface area contributed by atoms with Gasteiger partial charge in [-0.1, -0.05) is 48.3 Å². The third-order valence-corrected chi connectivity index (χ3v) is 5.53. The second-order valence-electron chi connectivity index (χ2n) is 6.32. The van der Waals surface area contributed by atoms with Crippen molar-refractivity contribution in [2.45, 2.75) is 18.9 Å². The first kappa shape index (κ1) is 19.4. The average molecular weight is 406 g/mol. The fourth-order valence-corrected chi connectivity index (χ4v) is 3.54. The SMILES string of the molecule is CC1C(C(=O)N[C@H](CO)c2ccc(C(=O)O)cc2)=Cc2c1ccc(Cl)c2Cl. The summed E-state index contributed by atoms with van der Waals surface area (Å²) in [5.41, 5.74) is 2.92. The highest BCUT2D eigenvalue weighted by molar-refractivity contribution is 6.43. The van der Waals surface area contributed by atoms with Crippen LogP contribution in [-0.4, -0.2) is 28.7 Å². The third-order valence-electron chi connectivity index (χ3n) is 4.71. The van der Waals surface area contributed by atoms with Gasteiger partial charge in [0, 0.05) is 11.5 Å². The van der Waals surface area contributed by atoms with Crippen molar-refractivity contribution in [1.29, 1.82) is 0 Å². The minimum absolute atomic E-state index is 0.135. The number of carboxylic acids is 1. The molecule has 0 fully saturated rings. The first-order chi connectivity index (χ1) is 12.8. The highest BCUT2D eigenvalue weighted by Crippen LogP contribution is 2.42. The van der Waals surface area contributed by atoms with Crippen LogP contribution >= 0.6 is 23.2 Å². The van der Waals surface area contributed by atoms with E-state index in [-0.39, 0.29) is 24.0 Å². The third kappa shape index (κ3) is 3.72. The molecule has 0 saturated heterocycles. The summed E-state index contributed by atoms with van der Waals surface area (Å²) in [7, 11) is 0. The largest absolute Gasteiger partial charge is 0.478 e. The molecule has 0 heterocycles. The molecule has 1 unspecified atom stereocenters. The summed E-state index contributed by atoms with van der Waals surface area (Å²) in [6.07, 6.45) is 1.71. The van der Waals surface area contributed by atoms with Crippen LogP contribution in [0, 0.1) is 0 Å². The number of aromatic carboxylic acids is 1. The van der Waals surface area contributed by atoms with Gasteiger partial charge in [-0.2, -0.15) is 0 Å². The van der Waals surface area contributed by atoms with E-state index in [1.165, 1.54) is 12.1 Å². The van der Waals surface area contributed by atoms with Crippen molar-refractivity contribution in [2.24, 2.45) is 0 Å². The van der Waals surface area contributed by atoms with E-state index < -0.39 is 12.0 Å². The Hall–Kier alpha value is -2.34. The van der Waals surface area contributed by atoms with Crippen LogP contribution in [0.5, 0.6) is 0 Å². The van der Waals surface area contributed by atoms with Crippen LogP contribution in [-0.2, 0) is 4.79 Å². The molecule has 0 bridgehead atoms. The second kappa shape index (κ2) is 7.72. The topological polar surface area (TPSA) is 86.6 Å². The number of carbonyl (C=O) groups is 2. The molecule has 0 aliphatic heterocycles. The zero-order valence-corrected chi connectivity index (χ0v) is 15.9. The quantitative estimate of drug-likeness (QED) is 0.700. The van der Waals surface area contributed by atoms with Gasteiger partial charge in [0.15, 0.2) is 0 Å². The summed E-state index contributed by atoms with van der Waals surface area (Å²) in [5.74, 6) is -1.53. The highest BCUT2D eigenvalue weighted by atomic mass is 35.5. The predicted molar refractivity (Wildman–Crippen MR) is 104 cm³/mol. The van der Waals surface area contributed by atoms with Crippen LogP contribution in [0.15, 0.2) is 42.0 Å². The van der Waals surface area contributed by atoms with Crippen molar-refractivity contribution < 1.29 is 19.8 Å². The molecule has 1 aliphatic carbocycles. The van der Waals surface area contributed by atoms with Gasteiger partial charge in [-0.3, -0.25) is 4.79 Å². The Morgan fingerprint density at radius 1 is 1.15 bits per heavy atom. The molecule has 2 aromatic rings. The molecular formula is C20H17Cl2NO4. The lowest BCUT2D eigenvalue weighted by Gasteiger charge is -2.19. The van der Waals surface area contributed by atoms with E-state index in [2.05, 4.69) is 5.32 Å². The van der Waals surface area contributed by atoms with E-state index in [0.717, 1.165) is 11.1 Å². The molecule has 5 nitrogen and oxygen atoms in total. The van der Waals surface area contributed by atoms with Crippen molar-refractivity contribution in [2.75, 3.05) is 6.61 Å². The number of nitrogens with one attached hydrogen (secondary N) is 1. The zero-order chi connectivity index (χ0) is 19.7. The van der Waals surface area contributed by atoms with E-state index in [4.69, 9.17) is 28.3 Å². The minimum atomic E-state index is -1.04. The normalized spacial score (nSPS) is 16.4. The van der Waals surface area contributed by atoms with Crippen LogP contribution in [0.1, 0.15) is 45.9 Å². The highest BCUT2D eigenvalue weighted by Gasteiger charge is 2.29. The monoisotopic (exact) mass is 405 g/mol. The Morgan fingerprint density at radius 2 is 1.81 bits per heavy atom. The molecule has 0 radical (unpaired) electrons. The molecule has 140 valence electrons. The van der Waals surface area contributed by atoms with Gasteiger partial charge >= 0.3 is 5.97 Å². The van der Waals surface area contributed by atoms with Crippen molar-refractivity contribution in [3.63, 3.8) is 0 Å². The number of halogens is 2. The maximum atomic E-state index is 12.8. The molecule has 2 atom stereocenters. The van der Waals surface area contributed by atoms with E-state index in [1.807, 2.05) is 13.0 Å². The van der Waals surface area contributed by atoms with Gasteiger partial charge in [-0.15, -0.1) is 0 Å². The van der Waals surface area contributed by atoms with Crippen molar-refractivity contribution >= 4 is 41.2 Å². The molecule has 27 heavy (non-hydrogen) atoms. The fourth-order valence-electron chi connectivity index (χ4n) is 3.15. The van der Waals surface area contributed by atoms with Gasteiger partial charge < -0.3 is 15.5 Å². The number of aliphatic hydroxyl groups excluding tert-OH is 1. The van der Waals surface area contributed by atoms with Crippen LogP contribution in [0.3, 0.4) is 0 Å². The molecule has 0 spiro atoms. The van der Waals surface area contributed by atoms with Crippen LogP contribution in [0.2, 0.25) is 10.0 Å². The number of carboxylic acid groups (broad SMARTS) is 1. The Balaban J connectivity index is 1.81. The second-order valence-corrected chi connectivity index (χ2v) is 7.11. The number of rotatable bonds is 5. The number of aliphatic hydroxyl groups is 1. The molecule has 0 aromatic heterocycles. The van der Waals surface area contributed by atoms with Gasteiger partial charge in [-0.05, 0) is 41.0 Å². The summed E-state index contributed by atoms with van der Waals surface area (Å²) < 4.78 is 0. The summed E-state index contributed by atoms with van der Waals surface area (Å²) >= 11 is 12.3. The Labute approximate surface area is 166 Å². The maximum absolute atomic E-state index is 12.8. The molecule has 1 amide bonds. The lowest BCUT2D eigenvalue weighted by atomic mass is 9.97. The first-order valence-electron chi connectivity index (χ1n) is 8.28. The van der Waals surface area contributed by atoms with Crippen LogP contribution in [0.4, 0.5) is 0 Å². The summed E-state index contributed by atoms with van der Waals surface area (Å²) in [5, 5.41) is 22.3. The summed E-state index contributed by atoms with van der Waals surface area (Å²) in [4.78, 5) is 23.7. The van der Waals surface area contributed by atoms with Crippen molar-refractivity contribution in [3.8, 4) is 0 Å². The predicted octanol–water partition coefficient (Wildman–Crippen LogP) is 4.04. The van der Waals surface area contributed by atoms with E-state index >= 15 is 0 Å². The number of benzene rings is 2. The molecular weight excluding hydrogens is 389 g/mol. The maximum Gasteiger partial charge on any atom is 0.335 e. The summed E-state index contributed by atoms with van der Waals surface area (Å²) in [6.45, 7) is 1.58. The lowest BCUT2D eigenvalue weighted by molar-refractivity contribution is -0.118. The molecule has 3 N–H and O–H groups in total. The van der Waals surface area contributed by atoms with Crippen LogP contribution in [0.25, 0.3) is 6.08 Å². The zero-order valence-electron chi connectivity index (χ0n) is 14.4. The minimum Gasteiger partial charge on any atom is -0.478 e. The number of hydrogen-bond acceptors (Lipinski definition) is 3. The van der Waals surface area contributed by atoms with Gasteiger partial charge in [-0.25, -0.2) is 4.79 Å². The Kier molecular flexibility index (Phi) is 5.56. The van der Waals surface area contributed by atoms with Crippen molar-refractivity contribution in [1.82, 2.24) is 5.32 Å². The van der Waals surface area contributed by atoms with E-state index in [9.17, 15) is 14.7 Å². The van der Waals surface area contributed by atoms with E-state index in [0.29, 0.717) is 21.2 Å². The molecule has 7 heteroatoms. The lowest BCUT2D eigenvalue weighted by Crippen LogP contribution is -2.32. The van der Waals surface area contributed by atoms with Gasteiger partial charge in [0.05, 0.1) is 28.3 Å². The fraction of sp³-hybridized carbons (Fsp3) is 0.200. The standard InChI is InChI=1S/C20H17Cl2NO4/c1-10-13-6-7-16(21)18(22)15(13)8-14(10)19(25)23-17(9-24)11-2-4-12(5-3-11)20(26)27/h2-8,10,17,24H,9H2,1H3,(H,23,25)(H,26,27)/t10?,17-/m1/s1. The molecule has 2 aromatic carbocycles. The summed E-state index contributed by atoms with van der Waals surface area (Å²) in [6, 6.07) is 8.90. The van der Waals surface area contributed by atoms with Gasteiger partial charge in [0.2, 0.25) is 5.91 Å². The molecule has 3 rings (SSSR count).